The number of nitrogens with one attached hydrogen (secondary N) is 2. The zero-order valence-electron chi connectivity index (χ0n) is 14.6. The van der Waals surface area contributed by atoms with E-state index < -0.39 is 0 Å². The highest BCUT2D eigenvalue weighted by atomic mass is 19.1. The maximum atomic E-state index is 13.7. The smallest absolute Gasteiger partial charge is 0.249 e. The molecule has 0 atom stereocenters. The number of hydrogen-bond donors (Lipinski definition) is 2. The quantitative estimate of drug-likeness (QED) is 0.665. The first-order valence-electron chi connectivity index (χ1n) is 8.31. The average Bonchev–Trinajstić information content (AvgIpc) is 2.63. The van der Waals surface area contributed by atoms with Gasteiger partial charge in [-0.15, -0.1) is 5.10 Å². The van der Waals surface area contributed by atoms with E-state index in [1.807, 2.05) is 38.1 Å². The largest absolute Gasteiger partial charge is 0.489 e. The molecule has 0 spiro atoms. The van der Waals surface area contributed by atoms with E-state index in [2.05, 4.69) is 25.8 Å². The molecule has 2 aromatic carbocycles. The fourth-order valence-corrected chi connectivity index (χ4v) is 2.32. The van der Waals surface area contributed by atoms with Gasteiger partial charge < -0.3 is 15.4 Å². The van der Waals surface area contributed by atoms with Crippen molar-refractivity contribution in [1.82, 2.24) is 15.2 Å². The Hall–Kier alpha value is -3.22. The highest BCUT2D eigenvalue weighted by molar-refractivity contribution is 5.62. The minimum atomic E-state index is -0.264. The van der Waals surface area contributed by atoms with E-state index in [0.29, 0.717) is 29.6 Å². The van der Waals surface area contributed by atoms with Crippen LogP contribution in [0.1, 0.15) is 19.4 Å². The lowest BCUT2D eigenvalue weighted by molar-refractivity contribution is 0.244. The molecule has 1 aromatic heterocycles. The van der Waals surface area contributed by atoms with E-state index in [9.17, 15) is 4.39 Å². The summed E-state index contributed by atoms with van der Waals surface area (Å²) in [6.07, 6.45) is 1.54. The van der Waals surface area contributed by atoms with Crippen molar-refractivity contribution in [3.8, 4) is 5.75 Å². The first-order valence-corrected chi connectivity index (χ1v) is 8.31. The van der Waals surface area contributed by atoms with Gasteiger partial charge in [-0.05, 0) is 32.0 Å². The van der Waals surface area contributed by atoms with Crippen LogP contribution in [0.25, 0.3) is 0 Å². The van der Waals surface area contributed by atoms with Crippen LogP contribution in [0, 0.1) is 5.82 Å². The van der Waals surface area contributed by atoms with Crippen molar-refractivity contribution in [2.45, 2.75) is 26.5 Å². The van der Waals surface area contributed by atoms with Crippen LogP contribution in [0.15, 0.2) is 54.7 Å². The normalized spacial score (nSPS) is 10.6. The van der Waals surface area contributed by atoms with Crippen LogP contribution in [0.4, 0.5) is 21.8 Å². The zero-order chi connectivity index (χ0) is 18.4. The molecule has 0 unspecified atom stereocenters. The van der Waals surface area contributed by atoms with Crippen molar-refractivity contribution in [3.05, 3.63) is 66.1 Å². The lowest BCUT2D eigenvalue weighted by Crippen LogP contribution is -2.09. The molecule has 3 aromatic rings. The maximum absolute atomic E-state index is 13.7. The van der Waals surface area contributed by atoms with Gasteiger partial charge in [-0.2, -0.15) is 10.1 Å². The molecule has 0 aliphatic rings. The lowest BCUT2D eigenvalue weighted by atomic mass is 10.2. The van der Waals surface area contributed by atoms with Gasteiger partial charge in [0.1, 0.15) is 11.6 Å². The van der Waals surface area contributed by atoms with E-state index in [4.69, 9.17) is 4.74 Å². The maximum Gasteiger partial charge on any atom is 0.249 e. The van der Waals surface area contributed by atoms with Gasteiger partial charge in [-0.1, -0.05) is 30.3 Å². The topological polar surface area (TPSA) is 72.0 Å². The summed E-state index contributed by atoms with van der Waals surface area (Å²) in [5.74, 6) is 1.26. The van der Waals surface area contributed by atoms with Crippen LogP contribution in [0.5, 0.6) is 5.75 Å². The second-order valence-electron chi connectivity index (χ2n) is 5.90. The van der Waals surface area contributed by atoms with Gasteiger partial charge >= 0.3 is 0 Å². The monoisotopic (exact) mass is 353 g/mol. The molecule has 6 nitrogen and oxygen atoms in total. The number of ether oxygens (including phenoxy) is 1. The van der Waals surface area contributed by atoms with Crippen molar-refractivity contribution in [2.75, 3.05) is 10.6 Å². The van der Waals surface area contributed by atoms with Gasteiger partial charge in [0, 0.05) is 12.1 Å². The Morgan fingerprint density at radius 2 is 1.85 bits per heavy atom. The van der Waals surface area contributed by atoms with Crippen molar-refractivity contribution >= 4 is 17.5 Å². The van der Waals surface area contributed by atoms with Crippen molar-refractivity contribution in [1.29, 1.82) is 0 Å². The molecule has 134 valence electrons. The summed E-state index contributed by atoms with van der Waals surface area (Å²) in [6, 6.07) is 14.1. The van der Waals surface area contributed by atoms with E-state index in [1.165, 1.54) is 12.3 Å². The minimum absolute atomic E-state index is 0.0470. The molecule has 26 heavy (non-hydrogen) atoms. The molecule has 0 radical (unpaired) electrons. The van der Waals surface area contributed by atoms with Crippen molar-refractivity contribution < 1.29 is 9.13 Å². The molecular weight excluding hydrogens is 333 g/mol. The fraction of sp³-hybridized carbons (Fsp3) is 0.211. The molecule has 0 fully saturated rings. The second-order valence-corrected chi connectivity index (χ2v) is 5.90. The summed E-state index contributed by atoms with van der Waals surface area (Å²) in [6.45, 7) is 4.22. The third-order valence-corrected chi connectivity index (χ3v) is 3.47. The van der Waals surface area contributed by atoms with Crippen LogP contribution in [-0.4, -0.2) is 21.3 Å². The predicted octanol–water partition coefficient (Wildman–Crippen LogP) is 4.15. The van der Waals surface area contributed by atoms with Crippen LogP contribution in [0.2, 0.25) is 0 Å². The van der Waals surface area contributed by atoms with Gasteiger partial charge in [-0.3, -0.25) is 0 Å². The first-order chi connectivity index (χ1) is 12.6. The number of anilines is 3. The summed E-state index contributed by atoms with van der Waals surface area (Å²) in [5.41, 5.74) is 1.30. The van der Waals surface area contributed by atoms with E-state index in [1.54, 1.807) is 18.2 Å². The summed E-state index contributed by atoms with van der Waals surface area (Å²) < 4.78 is 19.5. The number of aromatic nitrogens is 3. The molecule has 0 saturated heterocycles. The SMILES string of the molecule is CC(C)Oc1ccccc1Nc1nncc(NCc2ccccc2F)n1. The summed E-state index contributed by atoms with van der Waals surface area (Å²) in [5, 5.41) is 14.1. The molecule has 1 heterocycles. The molecule has 0 amide bonds. The third kappa shape index (κ3) is 4.66. The van der Waals surface area contributed by atoms with Gasteiger partial charge in [0.15, 0.2) is 5.82 Å². The zero-order valence-corrected chi connectivity index (χ0v) is 14.6. The molecule has 3 rings (SSSR count). The third-order valence-electron chi connectivity index (χ3n) is 3.47. The Labute approximate surface area is 151 Å². The van der Waals surface area contributed by atoms with Crippen molar-refractivity contribution in [2.24, 2.45) is 0 Å². The highest BCUT2D eigenvalue weighted by Gasteiger charge is 2.08. The molecule has 7 heteroatoms. The lowest BCUT2D eigenvalue weighted by Gasteiger charge is -2.14. The van der Waals surface area contributed by atoms with Gasteiger partial charge in [-0.25, -0.2) is 4.39 Å². The van der Waals surface area contributed by atoms with Crippen LogP contribution < -0.4 is 15.4 Å². The van der Waals surface area contributed by atoms with Gasteiger partial charge in [0.25, 0.3) is 0 Å². The Morgan fingerprint density at radius 3 is 2.65 bits per heavy atom. The number of rotatable bonds is 7. The summed E-state index contributed by atoms with van der Waals surface area (Å²) in [4.78, 5) is 4.36. The second kappa shape index (κ2) is 8.24. The van der Waals surface area contributed by atoms with Crippen LogP contribution in [-0.2, 0) is 6.54 Å². The van der Waals surface area contributed by atoms with E-state index >= 15 is 0 Å². The summed E-state index contributed by atoms with van der Waals surface area (Å²) in [7, 11) is 0. The van der Waals surface area contributed by atoms with Crippen LogP contribution >= 0.6 is 0 Å². The van der Waals surface area contributed by atoms with Crippen molar-refractivity contribution in [3.63, 3.8) is 0 Å². The Morgan fingerprint density at radius 1 is 1.08 bits per heavy atom. The van der Waals surface area contributed by atoms with Gasteiger partial charge in [0.05, 0.1) is 18.0 Å². The standard InChI is InChI=1S/C19H20FN5O/c1-13(2)26-17-10-6-5-9-16(17)23-19-24-18(12-22-25-19)21-11-14-7-3-4-8-15(14)20/h3-10,12-13H,11H2,1-2H3,(H2,21,23,24,25). The molecule has 0 bridgehead atoms. The Kier molecular flexibility index (Phi) is 5.58. The number of halogens is 1. The minimum Gasteiger partial charge on any atom is -0.489 e. The molecule has 0 aliphatic carbocycles. The highest BCUT2D eigenvalue weighted by Crippen LogP contribution is 2.27. The predicted molar refractivity (Wildman–Crippen MR) is 99.0 cm³/mol. The van der Waals surface area contributed by atoms with E-state index in [0.717, 1.165) is 5.69 Å². The molecular formula is C19H20FN5O. The average molecular weight is 353 g/mol. The molecule has 0 aliphatic heterocycles. The Balaban J connectivity index is 1.71. The number of hydrogen-bond acceptors (Lipinski definition) is 6. The first kappa shape index (κ1) is 17.6. The Bertz CT molecular complexity index is 872. The summed E-state index contributed by atoms with van der Waals surface area (Å²) >= 11 is 0. The fourth-order valence-electron chi connectivity index (χ4n) is 2.32. The number of benzene rings is 2. The molecule has 2 N–H and O–H groups in total. The number of para-hydroxylation sites is 2. The number of nitrogens with zero attached hydrogens (tertiary/aromatic N) is 3. The van der Waals surface area contributed by atoms with Crippen LogP contribution in [0.3, 0.4) is 0 Å². The molecule has 0 saturated carbocycles. The van der Waals surface area contributed by atoms with Gasteiger partial charge in [0.2, 0.25) is 5.95 Å². The van der Waals surface area contributed by atoms with E-state index in [-0.39, 0.29) is 11.9 Å².